The molecule has 29 heavy (non-hydrogen) atoms. The second-order valence-corrected chi connectivity index (χ2v) is 7.89. The number of aliphatic hydroxyl groups excluding tert-OH is 1. The Hall–Kier alpha value is -2.09. The van der Waals surface area contributed by atoms with Crippen LogP contribution in [0.4, 0.5) is 0 Å². The summed E-state index contributed by atoms with van der Waals surface area (Å²) in [6.07, 6.45) is 3.78. The minimum absolute atomic E-state index is 0.0461. The van der Waals surface area contributed by atoms with E-state index >= 15 is 0 Å². The van der Waals surface area contributed by atoms with Gasteiger partial charge in [-0.1, -0.05) is 13.3 Å². The van der Waals surface area contributed by atoms with Crippen LogP contribution in [-0.2, 0) is 13.1 Å². The molecular formula is C22H31N3O4. The van der Waals surface area contributed by atoms with Crippen LogP contribution in [0, 0.1) is 0 Å². The first-order chi connectivity index (χ1) is 14.2. The van der Waals surface area contributed by atoms with Crippen LogP contribution in [0.15, 0.2) is 23.0 Å². The highest BCUT2D eigenvalue weighted by Gasteiger charge is 2.19. The first-order valence-corrected chi connectivity index (χ1v) is 10.7. The number of benzene rings is 1. The summed E-state index contributed by atoms with van der Waals surface area (Å²) in [5, 5.41) is 10.3. The molecule has 2 aliphatic rings. The van der Waals surface area contributed by atoms with Gasteiger partial charge in [-0.05, 0) is 44.6 Å². The second kappa shape index (κ2) is 9.15. The van der Waals surface area contributed by atoms with Gasteiger partial charge >= 0.3 is 0 Å². The van der Waals surface area contributed by atoms with E-state index in [1.165, 1.54) is 19.3 Å². The number of fused-ring (bicyclic) bond motifs is 2. The first kappa shape index (κ1) is 20.2. The van der Waals surface area contributed by atoms with Crippen molar-refractivity contribution in [1.29, 1.82) is 0 Å². The number of rotatable bonds is 8. The maximum Gasteiger partial charge on any atom is 0.255 e. The lowest BCUT2D eigenvalue weighted by molar-refractivity contribution is 0.174. The molecule has 158 valence electrons. The quantitative estimate of drug-likeness (QED) is 0.730. The molecule has 0 radical (unpaired) electrons. The lowest BCUT2D eigenvalue weighted by Gasteiger charge is -2.27. The van der Waals surface area contributed by atoms with Gasteiger partial charge in [0.25, 0.3) is 5.56 Å². The van der Waals surface area contributed by atoms with E-state index in [0.717, 1.165) is 48.4 Å². The van der Waals surface area contributed by atoms with Gasteiger partial charge in [-0.15, -0.1) is 0 Å². The largest absolute Gasteiger partial charge is 0.454 e. The number of nitrogens with zero attached hydrogens (tertiary/aromatic N) is 3. The number of aliphatic hydroxyl groups is 1. The Morgan fingerprint density at radius 3 is 2.55 bits per heavy atom. The molecule has 0 saturated carbocycles. The summed E-state index contributed by atoms with van der Waals surface area (Å²) in [7, 11) is 0. The molecule has 4 rings (SSSR count). The monoisotopic (exact) mass is 401 g/mol. The molecule has 1 fully saturated rings. The summed E-state index contributed by atoms with van der Waals surface area (Å²) < 4.78 is 13.0. The third-order valence-corrected chi connectivity index (χ3v) is 6.01. The number of aromatic nitrogens is 1. The van der Waals surface area contributed by atoms with Gasteiger partial charge in [-0.2, -0.15) is 0 Å². The number of piperidine rings is 1. The molecule has 7 nitrogen and oxygen atoms in total. The summed E-state index contributed by atoms with van der Waals surface area (Å²) in [4.78, 5) is 17.9. The van der Waals surface area contributed by atoms with E-state index in [0.29, 0.717) is 25.4 Å². The summed E-state index contributed by atoms with van der Waals surface area (Å²) in [6.45, 7) is 7.98. The molecule has 2 aromatic rings. The Labute approximate surface area is 171 Å². The number of likely N-dealkylation sites (tertiary alicyclic amines) is 1. The molecule has 0 spiro atoms. The Balaban J connectivity index is 1.70. The van der Waals surface area contributed by atoms with E-state index < -0.39 is 0 Å². The van der Waals surface area contributed by atoms with E-state index in [1.807, 2.05) is 29.7 Å². The van der Waals surface area contributed by atoms with Crippen LogP contribution in [0.5, 0.6) is 11.5 Å². The number of hydrogen-bond donors (Lipinski definition) is 1. The third kappa shape index (κ3) is 4.42. The highest BCUT2D eigenvalue weighted by Crippen LogP contribution is 2.36. The fraction of sp³-hybridized carbons (Fsp3) is 0.591. The van der Waals surface area contributed by atoms with Gasteiger partial charge in [0, 0.05) is 43.2 Å². The topological polar surface area (TPSA) is 67.2 Å². The summed E-state index contributed by atoms with van der Waals surface area (Å²) in [5.74, 6) is 1.43. The Morgan fingerprint density at radius 1 is 1.07 bits per heavy atom. The van der Waals surface area contributed by atoms with E-state index in [-0.39, 0.29) is 19.0 Å². The molecule has 0 amide bonds. The van der Waals surface area contributed by atoms with Crippen LogP contribution in [0.3, 0.4) is 0 Å². The molecule has 3 heterocycles. The Kier molecular flexibility index (Phi) is 6.37. The summed E-state index contributed by atoms with van der Waals surface area (Å²) in [6, 6.07) is 5.88. The normalized spacial score (nSPS) is 16.8. The predicted octanol–water partition coefficient (Wildman–Crippen LogP) is 2.03. The Bertz CT molecular complexity index is 905. The fourth-order valence-corrected chi connectivity index (χ4v) is 4.32. The van der Waals surface area contributed by atoms with Gasteiger partial charge < -0.3 is 24.0 Å². The zero-order valence-corrected chi connectivity index (χ0v) is 17.2. The van der Waals surface area contributed by atoms with Crippen molar-refractivity contribution in [1.82, 2.24) is 14.4 Å². The van der Waals surface area contributed by atoms with Gasteiger partial charge in [0.15, 0.2) is 11.5 Å². The molecule has 0 atom stereocenters. The van der Waals surface area contributed by atoms with Gasteiger partial charge in [-0.3, -0.25) is 9.69 Å². The Morgan fingerprint density at radius 2 is 1.83 bits per heavy atom. The summed E-state index contributed by atoms with van der Waals surface area (Å²) >= 11 is 0. The molecule has 0 aliphatic carbocycles. The molecule has 2 aliphatic heterocycles. The molecule has 1 aromatic heterocycles. The van der Waals surface area contributed by atoms with Crippen molar-refractivity contribution >= 4 is 10.9 Å². The van der Waals surface area contributed by atoms with Gasteiger partial charge in [-0.25, -0.2) is 0 Å². The lowest BCUT2D eigenvalue weighted by atomic mass is 10.1. The molecule has 1 aromatic carbocycles. The summed E-state index contributed by atoms with van der Waals surface area (Å²) in [5.41, 5.74) is 1.69. The van der Waals surface area contributed by atoms with Crippen molar-refractivity contribution in [2.75, 3.05) is 46.1 Å². The van der Waals surface area contributed by atoms with Crippen molar-refractivity contribution in [2.45, 2.75) is 39.3 Å². The molecule has 7 heteroatoms. The van der Waals surface area contributed by atoms with Crippen molar-refractivity contribution in [3.63, 3.8) is 0 Å². The number of likely N-dealkylation sites (N-methyl/N-ethyl adjacent to an activating group) is 1. The molecule has 1 N–H and O–H groups in total. The predicted molar refractivity (Wildman–Crippen MR) is 113 cm³/mol. The maximum absolute atomic E-state index is 13.4. The smallest absolute Gasteiger partial charge is 0.255 e. The van der Waals surface area contributed by atoms with E-state index in [4.69, 9.17) is 9.47 Å². The van der Waals surface area contributed by atoms with Crippen LogP contribution in [-0.4, -0.2) is 65.6 Å². The zero-order valence-electron chi connectivity index (χ0n) is 17.2. The van der Waals surface area contributed by atoms with Crippen LogP contribution in [0.25, 0.3) is 10.9 Å². The van der Waals surface area contributed by atoms with Crippen LogP contribution < -0.4 is 15.0 Å². The highest BCUT2D eigenvalue weighted by atomic mass is 16.7. The average Bonchev–Trinajstić information content (AvgIpc) is 3.20. The van der Waals surface area contributed by atoms with Gasteiger partial charge in [0.2, 0.25) is 6.79 Å². The molecule has 0 bridgehead atoms. The molecule has 0 unspecified atom stereocenters. The number of pyridine rings is 1. The van der Waals surface area contributed by atoms with Crippen molar-refractivity contribution in [2.24, 2.45) is 0 Å². The SMILES string of the molecule is CCN(CCO)Cc1cc2cc3c(cc2n(CCN2CCCCC2)c1=O)OCO3. The minimum Gasteiger partial charge on any atom is -0.454 e. The fourth-order valence-electron chi connectivity index (χ4n) is 4.32. The second-order valence-electron chi connectivity index (χ2n) is 7.89. The highest BCUT2D eigenvalue weighted by molar-refractivity contribution is 5.84. The average molecular weight is 402 g/mol. The number of ether oxygens (including phenoxy) is 2. The maximum atomic E-state index is 13.4. The van der Waals surface area contributed by atoms with E-state index in [2.05, 4.69) is 9.80 Å². The first-order valence-electron chi connectivity index (χ1n) is 10.7. The van der Waals surface area contributed by atoms with E-state index in [1.54, 1.807) is 0 Å². The van der Waals surface area contributed by atoms with Crippen molar-refractivity contribution < 1.29 is 14.6 Å². The standard InChI is InChI=1S/C22H31N3O4/c1-2-23(10-11-26)15-18-12-17-13-20-21(29-16-28-20)14-19(17)25(22(18)27)9-8-24-6-4-3-5-7-24/h12-14,26H,2-11,15-16H2,1H3. The van der Waals surface area contributed by atoms with E-state index in [9.17, 15) is 9.90 Å². The van der Waals surface area contributed by atoms with Crippen LogP contribution in [0.1, 0.15) is 31.7 Å². The number of hydrogen-bond acceptors (Lipinski definition) is 6. The zero-order chi connectivity index (χ0) is 20.2. The van der Waals surface area contributed by atoms with Crippen molar-refractivity contribution in [3.05, 3.63) is 34.1 Å². The molecule has 1 saturated heterocycles. The van der Waals surface area contributed by atoms with Crippen molar-refractivity contribution in [3.8, 4) is 11.5 Å². The third-order valence-electron chi connectivity index (χ3n) is 6.01. The lowest BCUT2D eigenvalue weighted by Crippen LogP contribution is -2.36. The van der Waals surface area contributed by atoms with Crippen LogP contribution >= 0.6 is 0 Å². The van der Waals surface area contributed by atoms with Gasteiger partial charge in [0.1, 0.15) is 0 Å². The van der Waals surface area contributed by atoms with Crippen LogP contribution in [0.2, 0.25) is 0 Å². The van der Waals surface area contributed by atoms with Gasteiger partial charge in [0.05, 0.1) is 12.1 Å². The molecular weight excluding hydrogens is 370 g/mol. The minimum atomic E-state index is 0.0461.